The van der Waals surface area contributed by atoms with Gasteiger partial charge in [-0.05, 0) is 41.1 Å². The maximum Gasteiger partial charge on any atom is 0.231 e. The van der Waals surface area contributed by atoms with E-state index in [1.165, 1.54) is 0 Å². The van der Waals surface area contributed by atoms with Gasteiger partial charge in [0.1, 0.15) is 5.82 Å². The third-order valence-corrected chi connectivity index (χ3v) is 3.29. The van der Waals surface area contributed by atoms with Crippen LogP contribution in [0, 0.1) is 0 Å². The normalized spacial score (nSPS) is 12.5. The first-order chi connectivity index (χ1) is 9.28. The summed E-state index contributed by atoms with van der Waals surface area (Å²) in [5.41, 5.74) is 0.885. The highest BCUT2D eigenvalue weighted by Crippen LogP contribution is 2.41. The fourth-order valence-corrected chi connectivity index (χ4v) is 2.43. The molecule has 3 rings (SSSR count). The van der Waals surface area contributed by atoms with Crippen molar-refractivity contribution < 1.29 is 9.47 Å². The first-order valence-corrected chi connectivity index (χ1v) is 6.73. The maximum atomic E-state index is 5.40. The third-order valence-electron chi connectivity index (χ3n) is 2.70. The van der Waals surface area contributed by atoms with Crippen LogP contribution in [-0.2, 0) is 0 Å². The molecule has 0 fully saturated rings. The van der Waals surface area contributed by atoms with E-state index >= 15 is 0 Å². The lowest BCUT2D eigenvalue weighted by molar-refractivity contribution is 0.173. The van der Waals surface area contributed by atoms with E-state index in [-0.39, 0.29) is 6.79 Å². The fraction of sp³-hybridized carbons (Fsp3) is 0.231. The van der Waals surface area contributed by atoms with Gasteiger partial charge in [-0.3, -0.25) is 0 Å². The summed E-state index contributed by atoms with van der Waals surface area (Å²) in [6, 6.07) is 5.66. The van der Waals surface area contributed by atoms with Gasteiger partial charge in [-0.2, -0.15) is 0 Å². The molecule has 5 nitrogen and oxygen atoms in total. The SMILES string of the molecule is CCNc1ccnc(-c2cc(Br)c3c(c2)OCO3)n1. The topological polar surface area (TPSA) is 56.3 Å². The molecular formula is C13H12BrN3O2. The van der Waals surface area contributed by atoms with E-state index in [2.05, 4.69) is 31.2 Å². The number of nitrogens with zero attached hydrogens (tertiary/aromatic N) is 2. The highest BCUT2D eigenvalue weighted by molar-refractivity contribution is 9.10. The molecule has 1 aliphatic heterocycles. The molecule has 0 saturated heterocycles. The van der Waals surface area contributed by atoms with Crippen LogP contribution in [0.4, 0.5) is 5.82 Å². The molecular weight excluding hydrogens is 310 g/mol. The number of halogens is 1. The fourth-order valence-electron chi connectivity index (χ4n) is 1.87. The van der Waals surface area contributed by atoms with Gasteiger partial charge in [-0.1, -0.05) is 0 Å². The average molecular weight is 322 g/mol. The van der Waals surface area contributed by atoms with Gasteiger partial charge in [-0.15, -0.1) is 0 Å². The highest BCUT2D eigenvalue weighted by atomic mass is 79.9. The summed E-state index contributed by atoms with van der Waals surface area (Å²) in [5, 5.41) is 3.17. The molecule has 0 radical (unpaired) electrons. The quantitative estimate of drug-likeness (QED) is 0.941. The number of benzene rings is 1. The number of rotatable bonds is 3. The first-order valence-electron chi connectivity index (χ1n) is 5.94. The Morgan fingerprint density at radius 2 is 2.26 bits per heavy atom. The van der Waals surface area contributed by atoms with Crippen LogP contribution in [0.15, 0.2) is 28.9 Å². The van der Waals surface area contributed by atoms with Crippen molar-refractivity contribution in [2.75, 3.05) is 18.7 Å². The number of hydrogen-bond acceptors (Lipinski definition) is 5. The molecule has 1 aromatic heterocycles. The van der Waals surface area contributed by atoms with E-state index in [1.54, 1.807) is 6.20 Å². The molecule has 98 valence electrons. The summed E-state index contributed by atoms with van der Waals surface area (Å²) >= 11 is 3.47. The number of ether oxygens (including phenoxy) is 2. The second-order valence-electron chi connectivity index (χ2n) is 3.99. The van der Waals surface area contributed by atoms with Crippen LogP contribution in [0.3, 0.4) is 0 Å². The lowest BCUT2D eigenvalue weighted by Gasteiger charge is -2.06. The number of hydrogen-bond donors (Lipinski definition) is 1. The Balaban J connectivity index is 2.02. The molecule has 1 aliphatic rings. The van der Waals surface area contributed by atoms with Gasteiger partial charge < -0.3 is 14.8 Å². The Morgan fingerprint density at radius 1 is 1.37 bits per heavy atom. The second-order valence-corrected chi connectivity index (χ2v) is 4.84. The Morgan fingerprint density at radius 3 is 3.11 bits per heavy atom. The number of aromatic nitrogens is 2. The van der Waals surface area contributed by atoms with Crippen LogP contribution in [0.1, 0.15) is 6.92 Å². The maximum absolute atomic E-state index is 5.40. The Bertz CT molecular complexity index is 619. The Kier molecular flexibility index (Phi) is 3.25. The van der Waals surface area contributed by atoms with Gasteiger partial charge in [0.25, 0.3) is 0 Å². The van der Waals surface area contributed by atoms with Crippen molar-refractivity contribution in [3.05, 3.63) is 28.9 Å². The summed E-state index contributed by atoms with van der Waals surface area (Å²) in [5.74, 6) is 2.90. The van der Waals surface area contributed by atoms with Crippen LogP contribution in [0.5, 0.6) is 11.5 Å². The van der Waals surface area contributed by atoms with E-state index in [1.807, 2.05) is 25.1 Å². The molecule has 0 spiro atoms. The smallest absolute Gasteiger partial charge is 0.231 e. The lowest BCUT2D eigenvalue weighted by Crippen LogP contribution is -2.00. The molecule has 0 amide bonds. The van der Waals surface area contributed by atoms with Gasteiger partial charge in [-0.25, -0.2) is 9.97 Å². The van der Waals surface area contributed by atoms with Gasteiger partial charge >= 0.3 is 0 Å². The molecule has 0 atom stereocenters. The minimum absolute atomic E-state index is 0.246. The highest BCUT2D eigenvalue weighted by Gasteiger charge is 2.19. The summed E-state index contributed by atoms with van der Waals surface area (Å²) in [6.07, 6.45) is 1.73. The molecule has 6 heteroatoms. The van der Waals surface area contributed by atoms with Gasteiger partial charge in [0, 0.05) is 18.3 Å². The van der Waals surface area contributed by atoms with Crippen molar-refractivity contribution in [3.8, 4) is 22.9 Å². The molecule has 0 unspecified atom stereocenters. The minimum Gasteiger partial charge on any atom is -0.454 e. The largest absolute Gasteiger partial charge is 0.454 e. The summed E-state index contributed by atoms with van der Waals surface area (Å²) in [6.45, 7) is 3.09. The van der Waals surface area contributed by atoms with Crippen LogP contribution in [0.25, 0.3) is 11.4 Å². The molecule has 2 heterocycles. The van der Waals surface area contributed by atoms with E-state index in [9.17, 15) is 0 Å². The Hall–Kier alpha value is -1.82. The number of nitrogens with one attached hydrogen (secondary N) is 1. The zero-order chi connectivity index (χ0) is 13.2. The van der Waals surface area contributed by atoms with Crippen molar-refractivity contribution >= 4 is 21.7 Å². The van der Waals surface area contributed by atoms with Crippen LogP contribution in [0.2, 0.25) is 0 Å². The zero-order valence-corrected chi connectivity index (χ0v) is 11.9. The van der Waals surface area contributed by atoms with Crippen molar-refractivity contribution in [2.24, 2.45) is 0 Å². The van der Waals surface area contributed by atoms with E-state index in [4.69, 9.17) is 9.47 Å². The zero-order valence-electron chi connectivity index (χ0n) is 10.3. The Labute approximate surface area is 119 Å². The van der Waals surface area contributed by atoms with Crippen molar-refractivity contribution in [1.82, 2.24) is 9.97 Å². The second kappa shape index (κ2) is 5.05. The van der Waals surface area contributed by atoms with Crippen LogP contribution >= 0.6 is 15.9 Å². The predicted molar refractivity (Wildman–Crippen MR) is 75.5 cm³/mol. The number of anilines is 1. The first kappa shape index (κ1) is 12.2. The summed E-state index contributed by atoms with van der Waals surface area (Å²) in [7, 11) is 0. The average Bonchev–Trinajstić information content (AvgIpc) is 2.88. The molecule has 2 aromatic rings. The molecule has 1 aromatic carbocycles. The summed E-state index contributed by atoms with van der Waals surface area (Å²) < 4.78 is 11.6. The molecule has 0 bridgehead atoms. The standard InChI is InChI=1S/C13H12BrN3O2/c1-2-15-11-3-4-16-13(17-11)8-5-9(14)12-10(6-8)18-7-19-12/h3-6H,2,7H2,1H3,(H,15,16,17). The lowest BCUT2D eigenvalue weighted by atomic mass is 10.2. The molecule has 19 heavy (non-hydrogen) atoms. The molecule has 1 N–H and O–H groups in total. The third kappa shape index (κ3) is 2.35. The monoisotopic (exact) mass is 321 g/mol. The van der Waals surface area contributed by atoms with E-state index in [0.29, 0.717) is 11.6 Å². The van der Waals surface area contributed by atoms with Crippen molar-refractivity contribution in [1.29, 1.82) is 0 Å². The van der Waals surface area contributed by atoms with Crippen LogP contribution in [-0.4, -0.2) is 23.3 Å². The summed E-state index contributed by atoms with van der Waals surface area (Å²) in [4.78, 5) is 8.75. The predicted octanol–water partition coefficient (Wildman–Crippen LogP) is 3.07. The number of fused-ring (bicyclic) bond motifs is 1. The van der Waals surface area contributed by atoms with Gasteiger partial charge in [0.2, 0.25) is 6.79 Å². The van der Waals surface area contributed by atoms with Crippen LogP contribution < -0.4 is 14.8 Å². The molecule has 0 saturated carbocycles. The van der Waals surface area contributed by atoms with E-state index < -0.39 is 0 Å². The van der Waals surface area contributed by atoms with Gasteiger partial charge in [0.05, 0.1) is 4.47 Å². The minimum atomic E-state index is 0.246. The van der Waals surface area contributed by atoms with Crippen molar-refractivity contribution in [2.45, 2.75) is 6.92 Å². The van der Waals surface area contributed by atoms with Gasteiger partial charge in [0.15, 0.2) is 17.3 Å². The van der Waals surface area contributed by atoms with Crippen molar-refractivity contribution in [3.63, 3.8) is 0 Å². The molecule has 0 aliphatic carbocycles. The van der Waals surface area contributed by atoms with E-state index in [0.717, 1.165) is 28.1 Å².